The van der Waals surface area contributed by atoms with Crippen LogP contribution >= 0.6 is 0 Å². The zero-order valence-corrected chi connectivity index (χ0v) is 11.3. The first kappa shape index (κ1) is 13.1. The van der Waals surface area contributed by atoms with Crippen LogP contribution in [-0.4, -0.2) is 32.6 Å². The van der Waals surface area contributed by atoms with Crippen LogP contribution in [0.5, 0.6) is 11.5 Å². The van der Waals surface area contributed by atoms with E-state index < -0.39 is 6.09 Å². The fourth-order valence-electron chi connectivity index (χ4n) is 2.34. The summed E-state index contributed by atoms with van der Waals surface area (Å²) in [5.41, 5.74) is 0.872. The van der Waals surface area contributed by atoms with Crippen molar-refractivity contribution < 1.29 is 23.7 Å². The monoisotopic (exact) mass is 279 g/mol. The molecule has 0 saturated carbocycles. The zero-order chi connectivity index (χ0) is 13.9. The van der Waals surface area contributed by atoms with E-state index in [1.807, 2.05) is 18.2 Å². The van der Waals surface area contributed by atoms with Crippen LogP contribution in [0.25, 0.3) is 0 Å². The first-order valence-corrected chi connectivity index (χ1v) is 6.67. The van der Waals surface area contributed by atoms with Gasteiger partial charge in [0.15, 0.2) is 17.8 Å². The number of hydrogen-bond acceptors (Lipinski definition) is 5. The summed E-state index contributed by atoms with van der Waals surface area (Å²) in [5, 5.41) is 2.63. The Morgan fingerprint density at radius 3 is 2.90 bits per heavy atom. The van der Waals surface area contributed by atoms with Crippen molar-refractivity contribution in [2.75, 3.05) is 20.3 Å². The lowest BCUT2D eigenvalue weighted by atomic mass is 10.1. The molecule has 2 fully saturated rings. The molecule has 20 heavy (non-hydrogen) atoms. The molecule has 1 N–H and O–H groups in total. The van der Waals surface area contributed by atoms with E-state index in [2.05, 4.69) is 5.32 Å². The number of cyclic esters (lactones) is 1. The highest BCUT2D eigenvalue weighted by Gasteiger charge is 2.26. The molecule has 6 heteroatoms. The molecule has 2 aliphatic rings. The number of carbonyl (C=O) groups excluding carboxylic acids is 1. The third-order valence-electron chi connectivity index (χ3n) is 3.39. The third-order valence-corrected chi connectivity index (χ3v) is 3.39. The van der Waals surface area contributed by atoms with Gasteiger partial charge in [0, 0.05) is 6.42 Å². The van der Waals surface area contributed by atoms with Crippen molar-refractivity contribution >= 4 is 6.09 Å². The van der Waals surface area contributed by atoms with Gasteiger partial charge in [0.05, 0.1) is 20.3 Å². The Balaban J connectivity index is 1.80. The molecule has 0 spiro atoms. The lowest BCUT2D eigenvalue weighted by Crippen LogP contribution is -2.15. The van der Waals surface area contributed by atoms with Gasteiger partial charge in [-0.2, -0.15) is 0 Å². The SMILES string of the molecule is COc1ccc(C2CNC(=O)O2)cc1OC1CCCO1. The number of alkyl carbamates (subject to hydrolysis) is 1. The molecule has 2 heterocycles. The average Bonchev–Trinajstić information content (AvgIpc) is 3.10. The Bertz CT molecular complexity index is 498. The van der Waals surface area contributed by atoms with Gasteiger partial charge in [-0.1, -0.05) is 6.07 Å². The van der Waals surface area contributed by atoms with Gasteiger partial charge in [-0.3, -0.25) is 0 Å². The highest BCUT2D eigenvalue weighted by Crippen LogP contribution is 2.34. The van der Waals surface area contributed by atoms with Crippen LogP contribution in [0.3, 0.4) is 0 Å². The number of amides is 1. The van der Waals surface area contributed by atoms with Crippen molar-refractivity contribution in [2.24, 2.45) is 0 Å². The van der Waals surface area contributed by atoms with E-state index in [1.165, 1.54) is 0 Å². The van der Waals surface area contributed by atoms with Gasteiger partial charge in [0.1, 0.15) is 6.10 Å². The van der Waals surface area contributed by atoms with Crippen LogP contribution < -0.4 is 14.8 Å². The van der Waals surface area contributed by atoms with Crippen molar-refractivity contribution in [2.45, 2.75) is 25.2 Å². The molecular formula is C14H17NO5. The van der Waals surface area contributed by atoms with Crippen LogP contribution in [0.4, 0.5) is 4.79 Å². The lowest BCUT2D eigenvalue weighted by Gasteiger charge is -2.17. The second-order valence-corrected chi connectivity index (χ2v) is 4.75. The van der Waals surface area contributed by atoms with Crippen molar-refractivity contribution in [1.82, 2.24) is 5.32 Å². The Kier molecular flexibility index (Phi) is 3.64. The van der Waals surface area contributed by atoms with Crippen molar-refractivity contribution in [3.63, 3.8) is 0 Å². The Hall–Kier alpha value is -1.95. The Morgan fingerprint density at radius 1 is 1.35 bits per heavy atom. The Labute approximate surface area is 117 Å². The van der Waals surface area contributed by atoms with Gasteiger partial charge in [0.25, 0.3) is 0 Å². The number of ether oxygens (including phenoxy) is 4. The second-order valence-electron chi connectivity index (χ2n) is 4.75. The predicted molar refractivity (Wildman–Crippen MR) is 69.8 cm³/mol. The first-order chi connectivity index (χ1) is 9.76. The summed E-state index contributed by atoms with van der Waals surface area (Å²) in [6.07, 6.45) is 0.945. The Morgan fingerprint density at radius 2 is 2.25 bits per heavy atom. The van der Waals surface area contributed by atoms with Crippen LogP contribution in [-0.2, 0) is 9.47 Å². The third kappa shape index (κ3) is 2.65. The smallest absolute Gasteiger partial charge is 0.407 e. The van der Waals surface area contributed by atoms with Crippen LogP contribution in [0.2, 0.25) is 0 Å². The maximum Gasteiger partial charge on any atom is 0.407 e. The summed E-state index contributed by atoms with van der Waals surface area (Å²) in [4.78, 5) is 11.1. The van der Waals surface area contributed by atoms with Crippen molar-refractivity contribution in [3.05, 3.63) is 23.8 Å². The molecular weight excluding hydrogens is 262 g/mol. The molecule has 1 amide bonds. The average molecular weight is 279 g/mol. The van der Waals surface area contributed by atoms with E-state index in [4.69, 9.17) is 18.9 Å². The highest BCUT2D eigenvalue weighted by atomic mass is 16.7. The maximum atomic E-state index is 11.1. The van der Waals surface area contributed by atoms with Crippen LogP contribution in [0.15, 0.2) is 18.2 Å². The summed E-state index contributed by atoms with van der Waals surface area (Å²) in [6.45, 7) is 1.18. The predicted octanol–water partition coefficient (Wildman–Crippen LogP) is 1.99. The molecule has 0 aromatic heterocycles. The van der Waals surface area contributed by atoms with Gasteiger partial charge in [-0.15, -0.1) is 0 Å². The second kappa shape index (κ2) is 5.58. The molecule has 1 aromatic carbocycles. The zero-order valence-electron chi connectivity index (χ0n) is 11.3. The van der Waals surface area contributed by atoms with Crippen molar-refractivity contribution in [1.29, 1.82) is 0 Å². The van der Waals surface area contributed by atoms with E-state index in [0.717, 1.165) is 25.0 Å². The molecule has 0 radical (unpaired) electrons. The first-order valence-electron chi connectivity index (χ1n) is 6.67. The summed E-state index contributed by atoms with van der Waals surface area (Å²) < 4.78 is 21.7. The number of methoxy groups -OCH3 is 1. The fraction of sp³-hybridized carbons (Fsp3) is 0.500. The quantitative estimate of drug-likeness (QED) is 0.913. The van der Waals surface area contributed by atoms with E-state index >= 15 is 0 Å². The molecule has 2 atom stereocenters. The van der Waals surface area contributed by atoms with E-state index in [-0.39, 0.29) is 12.4 Å². The molecule has 2 unspecified atom stereocenters. The van der Waals surface area contributed by atoms with E-state index in [1.54, 1.807) is 7.11 Å². The molecule has 108 valence electrons. The lowest BCUT2D eigenvalue weighted by molar-refractivity contribution is -0.0403. The topological polar surface area (TPSA) is 66.0 Å². The number of carbonyl (C=O) groups is 1. The van der Waals surface area contributed by atoms with Crippen molar-refractivity contribution in [3.8, 4) is 11.5 Å². The largest absolute Gasteiger partial charge is 0.493 e. The number of nitrogens with one attached hydrogen (secondary N) is 1. The molecule has 0 bridgehead atoms. The summed E-state index contributed by atoms with van der Waals surface area (Å²) in [6, 6.07) is 5.52. The number of rotatable bonds is 4. The molecule has 2 aliphatic heterocycles. The summed E-state index contributed by atoms with van der Waals surface area (Å²) >= 11 is 0. The van der Waals surface area contributed by atoms with Gasteiger partial charge in [-0.25, -0.2) is 4.79 Å². The minimum Gasteiger partial charge on any atom is -0.493 e. The van der Waals surface area contributed by atoms with Gasteiger partial charge in [-0.05, 0) is 24.1 Å². The number of hydrogen-bond donors (Lipinski definition) is 1. The molecule has 0 aliphatic carbocycles. The molecule has 1 aromatic rings. The molecule has 3 rings (SSSR count). The van der Waals surface area contributed by atoms with Gasteiger partial charge >= 0.3 is 6.09 Å². The van der Waals surface area contributed by atoms with Gasteiger partial charge < -0.3 is 24.3 Å². The maximum absolute atomic E-state index is 11.1. The highest BCUT2D eigenvalue weighted by molar-refractivity contribution is 5.69. The normalized spacial score (nSPS) is 25.1. The van der Waals surface area contributed by atoms with Crippen LogP contribution in [0.1, 0.15) is 24.5 Å². The summed E-state index contributed by atoms with van der Waals surface area (Å²) in [5.74, 6) is 1.25. The number of benzene rings is 1. The minimum absolute atomic E-state index is 0.233. The van der Waals surface area contributed by atoms with Gasteiger partial charge in [0.2, 0.25) is 0 Å². The van der Waals surface area contributed by atoms with E-state index in [9.17, 15) is 4.79 Å². The standard InChI is InChI=1S/C14H17NO5/c1-17-10-5-4-9(12-8-15-14(16)20-12)7-11(10)19-13-3-2-6-18-13/h4-5,7,12-13H,2-3,6,8H2,1H3,(H,15,16). The fourth-order valence-corrected chi connectivity index (χ4v) is 2.34. The molecule has 2 saturated heterocycles. The molecule has 6 nitrogen and oxygen atoms in total. The van der Waals surface area contributed by atoms with Crippen LogP contribution in [0, 0.1) is 0 Å². The van der Waals surface area contributed by atoms with E-state index in [0.29, 0.717) is 18.0 Å². The summed E-state index contributed by atoms with van der Waals surface area (Å²) in [7, 11) is 1.59. The minimum atomic E-state index is -0.396.